The van der Waals surface area contributed by atoms with Crippen LogP contribution in [0.4, 0.5) is 5.69 Å². The number of benzene rings is 3. The van der Waals surface area contributed by atoms with Gasteiger partial charge >= 0.3 is 0 Å². The van der Waals surface area contributed by atoms with E-state index in [2.05, 4.69) is 11.4 Å². The summed E-state index contributed by atoms with van der Waals surface area (Å²) in [6.45, 7) is 0.440. The number of nitrogens with one attached hydrogen (secondary N) is 1. The topological polar surface area (TPSA) is 49.4 Å². The second-order valence-corrected chi connectivity index (χ2v) is 8.40. The van der Waals surface area contributed by atoms with E-state index in [9.17, 15) is 9.59 Å². The molecule has 1 saturated carbocycles. The number of amides is 2. The van der Waals surface area contributed by atoms with Gasteiger partial charge < -0.3 is 10.2 Å². The van der Waals surface area contributed by atoms with Crippen LogP contribution in [0.3, 0.4) is 0 Å². The van der Waals surface area contributed by atoms with Gasteiger partial charge in [0, 0.05) is 29.2 Å². The maximum atomic E-state index is 13.7. The Hall–Kier alpha value is -3.11. The van der Waals surface area contributed by atoms with Gasteiger partial charge in [-0.25, -0.2) is 0 Å². The lowest BCUT2D eigenvalue weighted by Gasteiger charge is -2.19. The average molecular weight is 417 g/mol. The van der Waals surface area contributed by atoms with Crippen LogP contribution >= 0.6 is 11.6 Å². The molecule has 1 fully saturated rings. The first-order valence-corrected chi connectivity index (χ1v) is 10.4. The van der Waals surface area contributed by atoms with E-state index >= 15 is 0 Å². The summed E-state index contributed by atoms with van der Waals surface area (Å²) in [4.78, 5) is 27.6. The van der Waals surface area contributed by atoms with Gasteiger partial charge in [-0.15, -0.1) is 0 Å². The maximum absolute atomic E-state index is 13.7. The standard InChI is InChI=1S/C25H21ClN2O2/c1-27-23(29)18-6-4-5-16(13-18)15-28-22-8-3-2-7-20(22)25(24(28)30)14-21(25)17-9-11-19(26)12-10-17/h2-13,21H,14-15H2,1H3,(H,27,29)/t21?,25-/m1/s1. The van der Waals surface area contributed by atoms with Crippen LogP contribution < -0.4 is 10.2 Å². The Morgan fingerprint density at radius 2 is 1.87 bits per heavy atom. The van der Waals surface area contributed by atoms with E-state index in [1.165, 1.54) is 0 Å². The average Bonchev–Trinajstić information content (AvgIpc) is 3.49. The molecule has 1 aliphatic heterocycles. The number of hydrogen-bond acceptors (Lipinski definition) is 2. The van der Waals surface area contributed by atoms with Crippen LogP contribution in [0.25, 0.3) is 0 Å². The minimum Gasteiger partial charge on any atom is -0.355 e. The van der Waals surface area contributed by atoms with Crippen molar-refractivity contribution in [2.45, 2.75) is 24.3 Å². The molecule has 0 bridgehead atoms. The van der Waals surface area contributed by atoms with Gasteiger partial charge in [-0.1, -0.05) is 54.1 Å². The molecule has 5 heteroatoms. The van der Waals surface area contributed by atoms with Crippen molar-refractivity contribution in [3.63, 3.8) is 0 Å². The Labute approximate surface area is 180 Å². The molecular formula is C25H21ClN2O2. The van der Waals surface area contributed by atoms with Gasteiger partial charge in [0.2, 0.25) is 5.91 Å². The van der Waals surface area contributed by atoms with E-state index in [1.807, 2.05) is 65.6 Å². The number of para-hydroxylation sites is 1. The predicted molar refractivity (Wildman–Crippen MR) is 118 cm³/mol. The molecule has 3 aromatic carbocycles. The van der Waals surface area contributed by atoms with Gasteiger partial charge in [0.25, 0.3) is 5.91 Å². The number of nitrogens with zero attached hydrogens (tertiary/aromatic N) is 1. The molecule has 2 amide bonds. The number of halogens is 1. The fourth-order valence-electron chi connectivity index (χ4n) is 4.74. The van der Waals surface area contributed by atoms with E-state index in [1.54, 1.807) is 13.1 Å². The zero-order valence-corrected chi connectivity index (χ0v) is 17.3. The fraction of sp³-hybridized carbons (Fsp3) is 0.200. The molecule has 4 nitrogen and oxygen atoms in total. The molecule has 2 aliphatic rings. The number of carbonyl (C=O) groups excluding carboxylic acids is 2. The number of fused-ring (bicyclic) bond motifs is 2. The van der Waals surface area contributed by atoms with E-state index in [4.69, 9.17) is 11.6 Å². The summed E-state index contributed by atoms with van der Waals surface area (Å²) in [5, 5.41) is 3.35. The number of rotatable bonds is 4. The van der Waals surface area contributed by atoms with Gasteiger partial charge in [0.15, 0.2) is 0 Å². The monoisotopic (exact) mass is 416 g/mol. The Morgan fingerprint density at radius 1 is 1.10 bits per heavy atom. The van der Waals surface area contributed by atoms with Crippen molar-refractivity contribution in [2.24, 2.45) is 0 Å². The summed E-state index contributed by atoms with van der Waals surface area (Å²) in [6, 6.07) is 23.3. The number of carbonyl (C=O) groups is 2. The van der Waals surface area contributed by atoms with Crippen LogP contribution in [-0.4, -0.2) is 18.9 Å². The van der Waals surface area contributed by atoms with E-state index in [-0.39, 0.29) is 17.7 Å². The predicted octanol–water partition coefficient (Wildman–Crippen LogP) is 4.67. The molecule has 1 N–H and O–H groups in total. The van der Waals surface area contributed by atoms with E-state index < -0.39 is 5.41 Å². The zero-order chi connectivity index (χ0) is 20.9. The zero-order valence-electron chi connectivity index (χ0n) is 16.6. The molecule has 0 saturated heterocycles. The van der Waals surface area contributed by atoms with Gasteiger partial charge in [-0.2, -0.15) is 0 Å². The van der Waals surface area contributed by atoms with Crippen molar-refractivity contribution in [2.75, 3.05) is 11.9 Å². The quantitative estimate of drug-likeness (QED) is 0.671. The first kappa shape index (κ1) is 18.9. The summed E-state index contributed by atoms with van der Waals surface area (Å²) in [7, 11) is 1.61. The third-order valence-corrected chi connectivity index (χ3v) is 6.54. The second kappa shape index (κ2) is 6.99. The molecule has 1 aliphatic carbocycles. The maximum Gasteiger partial charge on any atom is 0.251 e. The molecule has 3 aromatic rings. The van der Waals surface area contributed by atoms with Crippen LogP contribution in [0.1, 0.15) is 39.4 Å². The lowest BCUT2D eigenvalue weighted by Crippen LogP contribution is -2.32. The SMILES string of the molecule is CNC(=O)c1cccc(CN2C(=O)[C@]3(CC3c3ccc(Cl)cc3)c3ccccc32)c1. The highest BCUT2D eigenvalue weighted by Gasteiger charge is 2.66. The molecule has 0 aromatic heterocycles. The lowest BCUT2D eigenvalue weighted by atomic mass is 9.92. The van der Waals surface area contributed by atoms with Crippen LogP contribution in [-0.2, 0) is 16.8 Å². The number of hydrogen-bond donors (Lipinski definition) is 1. The summed E-state index contributed by atoms with van der Waals surface area (Å²) in [5.74, 6) is 0.158. The summed E-state index contributed by atoms with van der Waals surface area (Å²) >= 11 is 6.05. The van der Waals surface area contributed by atoms with Gasteiger partial charge in [-0.3, -0.25) is 9.59 Å². The molecule has 1 unspecified atom stereocenters. The molecule has 2 atom stereocenters. The molecule has 30 heavy (non-hydrogen) atoms. The smallest absolute Gasteiger partial charge is 0.251 e. The Morgan fingerprint density at radius 3 is 2.63 bits per heavy atom. The lowest BCUT2D eigenvalue weighted by molar-refractivity contribution is -0.120. The fourth-order valence-corrected chi connectivity index (χ4v) is 4.87. The molecule has 0 radical (unpaired) electrons. The minimum atomic E-state index is -0.497. The second-order valence-electron chi connectivity index (χ2n) is 7.97. The number of anilines is 1. The largest absolute Gasteiger partial charge is 0.355 e. The molecule has 5 rings (SSSR count). The Balaban J connectivity index is 1.49. The van der Waals surface area contributed by atoms with Crippen LogP contribution in [0, 0.1) is 0 Å². The van der Waals surface area contributed by atoms with Crippen LogP contribution in [0.2, 0.25) is 5.02 Å². The van der Waals surface area contributed by atoms with Gasteiger partial charge in [0.1, 0.15) is 0 Å². The Kier molecular flexibility index (Phi) is 4.40. The van der Waals surface area contributed by atoms with Crippen molar-refractivity contribution in [1.82, 2.24) is 5.32 Å². The highest BCUT2D eigenvalue weighted by atomic mass is 35.5. The van der Waals surface area contributed by atoms with Crippen molar-refractivity contribution >= 4 is 29.1 Å². The van der Waals surface area contributed by atoms with Crippen LogP contribution in [0.15, 0.2) is 72.8 Å². The summed E-state index contributed by atoms with van der Waals surface area (Å²) in [6.07, 6.45) is 0.805. The molecule has 150 valence electrons. The summed E-state index contributed by atoms with van der Waals surface area (Å²) < 4.78 is 0. The van der Waals surface area contributed by atoms with Crippen molar-refractivity contribution < 1.29 is 9.59 Å². The third-order valence-electron chi connectivity index (χ3n) is 6.29. The van der Waals surface area contributed by atoms with E-state index in [0.29, 0.717) is 17.1 Å². The van der Waals surface area contributed by atoms with Gasteiger partial charge in [0.05, 0.1) is 12.0 Å². The summed E-state index contributed by atoms with van der Waals surface area (Å²) in [5.41, 5.74) is 4.23. The first-order valence-electron chi connectivity index (χ1n) is 10.0. The van der Waals surface area contributed by atoms with Crippen molar-refractivity contribution in [1.29, 1.82) is 0 Å². The molecular weight excluding hydrogens is 396 g/mol. The molecule has 1 heterocycles. The van der Waals surface area contributed by atoms with E-state index in [0.717, 1.165) is 28.8 Å². The van der Waals surface area contributed by atoms with Crippen molar-refractivity contribution in [3.8, 4) is 0 Å². The van der Waals surface area contributed by atoms with Crippen LogP contribution in [0.5, 0.6) is 0 Å². The highest BCUT2D eigenvalue weighted by Crippen LogP contribution is 2.66. The van der Waals surface area contributed by atoms with Gasteiger partial charge in [-0.05, 0) is 53.4 Å². The normalized spacial score (nSPS) is 21.6. The van der Waals surface area contributed by atoms with Crippen molar-refractivity contribution in [3.05, 3.63) is 100 Å². The third kappa shape index (κ3) is 2.83. The Bertz CT molecular complexity index is 1160. The molecule has 1 spiro atoms. The first-order chi connectivity index (χ1) is 14.5. The highest BCUT2D eigenvalue weighted by molar-refractivity contribution is 6.30. The minimum absolute atomic E-state index is 0.133.